The Morgan fingerprint density at radius 2 is 1.85 bits per heavy atom. The van der Waals surface area contributed by atoms with Crippen molar-refractivity contribution < 1.29 is 9.59 Å². The zero-order valence-corrected chi connectivity index (χ0v) is 14.6. The highest BCUT2D eigenvalue weighted by atomic mass is 16.1. The van der Waals surface area contributed by atoms with Gasteiger partial charge in [-0.1, -0.05) is 61.5 Å². The lowest BCUT2D eigenvalue weighted by molar-refractivity contribution is 0.103. The summed E-state index contributed by atoms with van der Waals surface area (Å²) in [6, 6.07) is 17.3. The van der Waals surface area contributed by atoms with Gasteiger partial charge < -0.3 is 4.90 Å². The molecule has 4 rings (SSSR count). The highest BCUT2D eigenvalue weighted by molar-refractivity contribution is 6.18. The molecular weight excluding hydrogens is 322 g/mol. The van der Waals surface area contributed by atoms with Crippen LogP contribution in [0.3, 0.4) is 0 Å². The van der Waals surface area contributed by atoms with Gasteiger partial charge >= 0.3 is 0 Å². The normalized spacial score (nSPS) is 18.3. The molecule has 2 aromatic carbocycles. The van der Waals surface area contributed by atoms with Gasteiger partial charge in [0.15, 0.2) is 5.78 Å². The molecule has 0 bridgehead atoms. The Bertz CT molecular complexity index is 978. The van der Waals surface area contributed by atoms with E-state index in [0.717, 1.165) is 23.2 Å². The predicted octanol–water partition coefficient (Wildman–Crippen LogP) is 4.51. The minimum atomic E-state index is -0.122. The molecule has 1 unspecified atom stereocenters. The van der Waals surface area contributed by atoms with E-state index in [1.54, 1.807) is 12.1 Å². The molecule has 1 atom stereocenters. The Hall–Kier alpha value is -3.16. The molecule has 26 heavy (non-hydrogen) atoms. The van der Waals surface area contributed by atoms with E-state index in [2.05, 4.69) is 23.8 Å². The summed E-state index contributed by atoms with van der Waals surface area (Å²) >= 11 is 0. The molecule has 0 saturated carbocycles. The topological polar surface area (TPSA) is 37.4 Å². The van der Waals surface area contributed by atoms with Crippen LogP contribution in [0.4, 0.5) is 0 Å². The number of Topliss-reactive ketones (excluding diaryl/α,β-unsaturated/α-hetero) is 1. The van der Waals surface area contributed by atoms with Gasteiger partial charge in [-0.15, -0.1) is 0 Å². The third-order valence-electron chi connectivity index (χ3n) is 5.12. The Balaban J connectivity index is 2.00. The molecule has 0 spiro atoms. The van der Waals surface area contributed by atoms with Crippen LogP contribution in [0.25, 0.3) is 11.8 Å². The number of carbonyl (C=O) groups excluding carboxylic acids is 2. The van der Waals surface area contributed by atoms with Gasteiger partial charge in [0.2, 0.25) is 0 Å². The number of benzene rings is 2. The minimum Gasteiger partial charge on any atom is -0.343 e. The highest BCUT2D eigenvalue weighted by Crippen LogP contribution is 2.42. The first-order valence-electron chi connectivity index (χ1n) is 8.89. The van der Waals surface area contributed by atoms with Crippen molar-refractivity contribution in [1.29, 1.82) is 0 Å². The number of hydrogen-bond acceptors (Lipinski definition) is 3. The molecule has 0 fully saturated rings. The lowest BCUT2D eigenvalue weighted by Crippen LogP contribution is -2.37. The number of hydrogen-bond donors (Lipinski definition) is 0. The second-order valence-electron chi connectivity index (χ2n) is 6.58. The Labute approximate surface area is 153 Å². The zero-order chi connectivity index (χ0) is 18.1. The van der Waals surface area contributed by atoms with Crippen LogP contribution in [0, 0.1) is 0 Å². The molecular formula is C23H19NO2. The maximum atomic E-state index is 13.3. The van der Waals surface area contributed by atoms with Crippen molar-refractivity contribution in [3.8, 4) is 0 Å². The first-order chi connectivity index (χ1) is 12.7. The van der Waals surface area contributed by atoms with Crippen molar-refractivity contribution in [3.05, 3.63) is 88.6 Å². The number of ketones is 1. The van der Waals surface area contributed by atoms with Crippen molar-refractivity contribution in [3.63, 3.8) is 0 Å². The predicted molar refractivity (Wildman–Crippen MR) is 103 cm³/mol. The summed E-state index contributed by atoms with van der Waals surface area (Å²) in [4.78, 5) is 27.2. The number of nitrogens with zero attached hydrogens (tertiary/aromatic N) is 1. The van der Waals surface area contributed by atoms with Crippen LogP contribution in [-0.2, 0) is 4.79 Å². The van der Waals surface area contributed by atoms with Crippen LogP contribution < -0.4 is 0 Å². The molecule has 0 saturated heterocycles. The lowest BCUT2D eigenvalue weighted by Gasteiger charge is -2.40. The molecule has 0 aromatic heterocycles. The van der Waals surface area contributed by atoms with E-state index >= 15 is 0 Å². The Morgan fingerprint density at radius 1 is 1.12 bits per heavy atom. The molecule has 128 valence electrons. The van der Waals surface area contributed by atoms with E-state index in [0.29, 0.717) is 23.1 Å². The quantitative estimate of drug-likeness (QED) is 0.609. The summed E-state index contributed by atoms with van der Waals surface area (Å²) in [7, 11) is 0. The smallest absolute Gasteiger partial charge is 0.196 e. The summed E-state index contributed by atoms with van der Waals surface area (Å²) in [6.07, 6.45) is 5.52. The van der Waals surface area contributed by atoms with Gasteiger partial charge in [0.1, 0.15) is 5.94 Å². The molecule has 3 nitrogen and oxygen atoms in total. The van der Waals surface area contributed by atoms with Crippen LogP contribution in [-0.4, -0.2) is 22.7 Å². The van der Waals surface area contributed by atoms with E-state index in [1.807, 2.05) is 48.7 Å². The molecule has 2 heterocycles. The fourth-order valence-corrected chi connectivity index (χ4v) is 3.79. The lowest BCUT2D eigenvalue weighted by atomic mass is 9.82. The fraction of sp³-hybridized carbons (Fsp3) is 0.174. The van der Waals surface area contributed by atoms with E-state index < -0.39 is 0 Å². The number of rotatable bonds is 3. The fourth-order valence-electron chi connectivity index (χ4n) is 3.79. The third-order valence-corrected chi connectivity index (χ3v) is 5.12. The molecule has 0 radical (unpaired) electrons. The summed E-state index contributed by atoms with van der Waals surface area (Å²) < 4.78 is 0. The summed E-state index contributed by atoms with van der Waals surface area (Å²) in [5.41, 5.74) is 4.41. The molecule has 0 N–H and O–H groups in total. The van der Waals surface area contributed by atoms with Gasteiger partial charge in [-0.3, -0.25) is 4.79 Å². The second kappa shape index (κ2) is 6.62. The Morgan fingerprint density at radius 3 is 2.58 bits per heavy atom. The number of allylic oxidation sites excluding steroid dienone is 1. The maximum Gasteiger partial charge on any atom is 0.196 e. The molecule has 0 amide bonds. The average molecular weight is 341 g/mol. The van der Waals surface area contributed by atoms with Gasteiger partial charge in [-0.05, 0) is 18.1 Å². The van der Waals surface area contributed by atoms with Gasteiger partial charge in [0, 0.05) is 29.8 Å². The van der Waals surface area contributed by atoms with E-state index in [-0.39, 0.29) is 11.8 Å². The van der Waals surface area contributed by atoms with Crippen molar-refractivity contribution in [2.45, 2.75) is 25.8 Å². The number of carbonyl (C=O) groups is 1. The third kappa shape index (κ3) is 2.54. The number of fused-ring (bicyclic) bond motifs is 3. The molecule has 2 aliphatic heterocycles. The van der Waals surface area contributed by atoms with E-state index in [4.69, 9.17) is 0 Å². The van der Waals surface area contributed by atoms with Gasteiger partial charge in [-0.2, -0.15) is 0 Å². The SMILES string of the molecule is CCC1CC(=C=O)C(C(=O)c2ccccc2)=C2c3ccccc3C=CN21. The van der Waals surface area contributed by atoms with Crippen LogP contribution in [0.15, 0.2) is 71.9 Å². The highest BCUT2D eigenvalue weighted by Gasteiger charge is 2.36. The van der Waals surface area contributed by atoms with Crippen LogP contribution in [0.2, 0.25) is 0 Å². The maximum absolute atomic E-state index is 13.3. The standard InChI is InChI=1S/C23H19NO2/c1-2-19-14-18(15-25)21(23(26)17-9-4-3-5-10-17)22-20-11-7-6-8-16(20)12-13-24(19)22/h3-13,19H,2,14H2,1H3. The first-order valence-corrected chi connectivity index (χ1v) is 8.89. The van der Waals surface area contributed by atoms with Crippen molar-refractivity contribution in [2.75, 3.05) is 0 Å². The second-order valence-corrected chi connectivity index (χ2v) is 6.58. The first kappa shape index (κ1) is 16.3. The van der Waals surface area contributed by atoms with Crippen LogP contribution >= 0.6 is 0 Å². The van der Waals surface area contributed by atoms with Crippen molar-refractivity contribution in [1.82, 2.24) is 4.90 Å². The van der Waals surface area contributed by atoms with Crippen LogP contribution in [0.1, 0.15) is 41.3 Å². The van der Waals surface area contributed by atoms with Crippen molar-refractivity contribution in [2.24, 2.45) is 0 Å². The minimum absolute atomic E-state index is 0.122. The summed E-state index contributed by atoms with van der Waals surface area (Å²) in [6.45, 7) is 2.10. The summed E-state index contributed by atoms with van der Waals surface area (Å²) in [5.74, 6) is 1.95. The van der Waals surface area contributed by atoms with E-state index in [9.17, 15) is 9.59 Å². The monoisotopic (exact) mass is 341 g/mol. The van der Waals surface area contributed by atoms with Crippen LogP contribution in [0.5, 0.6) is 0 Å². The zero-order valence-electron chi connectivity index (χ0n) is 14.6. The Kier molecular flexibility index (Phi) is 4.16. The summed E-state index contributed by atoms with van der Waals surface area (Å²) in [5, 5.41) is 0. The molecule has 3 heteroatoms. The molecule has 2 aromatic rings. The average Bonchev–Trinajstić information content (AvgIpc) is 2.72. The van der Waals surface area contributed by atoms with Gasteiger partial charge in [0.25, 0.3) is 0 Å². The van der Waals surface area contributed by atoms with Gasteiger partial charge in [0.05, 0.1) is 16.8 Å². The van der Waals surface area contributed by atoms with E-state index in [1.165, 1.54) is 0 Å². The van der Waals surface area contributed by atoms with Crippen molar-refractivity contribution >= 4 is 23.5 Å². The largest absolute Gasteiger partial charge is 0.343 e. The van der Waals surface area contributed by atoms with Gasteiger partial charge in [-0.25, -0.2) is 4.79 Å². The molecule has 0 aliphatic carbocycles. The molecule has 2 aliphatic rings.